The minimum atomic E-state index is -1.36. The number of amides is 1. The Hall–Kier alpha value is -3.90. The van der Waals surface area contributed by atoms with Gasteiger partial charge in [-0.2, -0.15) is 0 Å². The first-order valence-corrected chi connectivity index (χ1v) is 20.9. The number of carbonyl (C=O) groups is 3. The molecule has 1 radical (unpaired) electrons. The molecule has 3 aromatic rings. The van der Waals surface area contributed by atoms with Gasteiger partial charge in [-0.1, -0.05) is 0 Å². The number of hydrogen-bond acceptors (Lipinski definition) is 16. The maximum absolute atomic E-state index is 14.0. The zero-order valence-corrected chi connectivity index (χ0v) is 37.3. The van der Waals surface area contributed by atoms with Crippen molar-refractivity contribution in [3.63, 3.8) is 0 Å². The third-order valence-electron chi connectivity index (χ3n) is 13.3. The molecule has 0 aromatic carbocycles. The van der Waals surface area contributed by atoms with Crippen LogP contribution in [0.1, 0.15) is 95.7 Å². The van der Waals surface area contributed by atoms with Crippen LogP contribution in [0.3, 0.4) is 0 Å². The van der Waals surface area contributed by atoms with Crippen molar-refractivity contribution >= 4 is 17.5 Å². The molecule has 7 atom stereocenters. The second kappa shape index (κ2) is 20.3. The van der Waals surface area contributed by atoms with Gasteiger partial charge < -0.3 is 70.7 Å². The van der Waals surface area contributed by atoms with Crippen molar-refractivity contribution in [2.45, 2.75) is 102 Å². The van der Waals surface area contributed by atoms with E-state index in [-0.39, 0.29) is 98.3 Å². The van der Waals surface area contributed by atoms with Crippen LogP contribution in [0.4, 0.5) is 0 Å². The van der Waals surface area contributed by atoms with E-state index >= 15 is 0 Å². The molecule has 4 aliphatic rings. The number of aromatic nitrogens is 3. The largest absolute Gasteiger partial charge is 3.00 e. The average molecular weight is 1040 g/mol. The van der Waals surface area contributed by atoms with Gasteiger partial charge >= 0.3 is 39.9 Å². The Labute approximate surface area is 398 Å². The zero-order chi connectivity index (χ0) is 46.1. The van der Waals surface area contributed by atoms with Crippen molar-refractivity contribution in [1.82, 2.24) is 19.0 Å². The van der Waals surface area contributed by atoms with E-state index in [0.29, 0.717) is 38.5 Å². The first-order valence-electron chi connectivity index (χ1n) is 20.9. The number of pyridine rings is 3. The molecule has 4 bridgehead atoms. The van der Waals surface area contributed by atoms with Gasteiger partial charge in [0, 0.05) is 56.2 Å². The van der Waals surface area contributed by atoms with Gasteiger partial charge in [0.05, 0.1) is 69.2 Å². The van der Waals surface area contributed by atoms with Gasteiger partial charge in [-0.15, -0.1) is 0 Å². The van der Waals surface area contributed by atoms with Gasteiger partial charge in [-0.25, -0.2) is 0 Å². The fourth-order valence-corrected chi connectivity index (χ4v) is 11.6. The third kappa shape index (κ3) is 10.5. The molecule has 4 saturated carbocycles. The summed E-state index contributed by atoms with van der Waals surface area (Å²) in [5.74, 6) is -5.55. The molecule has 21 heteroatoms. The zero-order valence-electron chi connectivity index (χ0n) is 35.1. The Morgan fingerprint density at radius 3 is 1.30 bits per heavy atom. The molecule has 5 unspecified atom stereocenters. The normalized spacial score (nSPS) is 24.7. The minimum absolute atomic E-state index is 0. The standard InChI is InChI=1S/C43H57N5O15.Gd/c44-23-42-18-40(6-1-28(55)33-36(60)30(57)3-8-46(33)11-25(52)14-49)17-41(19-42,7-2-29(56)34-37(61)31(58)4-9-47(34)12-26(53)15-50)21-43(20-40,22-42)24-45-39(63)35-38(62)32(59)5-10-48(35)13-27(54)16-51;/h3-5,8-10,25-27,49-54,60-62H,1-2,6-7,11-24,44H2,(H,45,63);/q;+3/p-3/t25?,26?,27?,40-,41+,42?,43?;. The molecule has 20 nitrogen and oxygen atoms in total. The SMILES string of the molecule is NCC12CC3(CNC(=O)c4c([O-])c(=O)ccn4CC(O)CO)C[C@](CCC(=O)c4c([O-])c(=O)ccn4CC(O)CO)(C1)C[C@](CCC(=O)c1c([O-])c(=O)ccn1CC(O)CO)(C2)C3.[Gd+3]. The van der Waals surface area contributed by atoms with E-state index < -0.39 is 128 Å². The summed E-state index contributed by atoms with van der Waals surface area (Å²) < 4.78 is 3.36. The van der Waals surface area contributed by atoms with Crippen LogP contribution in [0.15, 0.2) is 51.2 Å². The second-order valence-electron chi connectivity index (χ2n) is 18.3. The van der Waals surface area contributed by atoms with Crippen molar-refractivity contribution < 1.29 is 100 Å². The van der Waals surface area contributed by atoms with Crippen LogP contribution in [0.25, 0.3) is 0 Å². The van der Waals surface area contributed by atoms with Crippen LogP contribution in [-0.4, -0.2) is 113 Å². The van der Waals surface area contributed by atoms with Crippen molar-refractivity contribution in [2.24, 2.45) is 27.4 Å². The van der Waals surface area contributed by atoms with Crippen molar-refractivity contribution in [3.05, 3.63) is 84.5 Å². The summed E-state index contributed by atoms with van der Waals surface area (Å²) in [6.07, 6.45) is 2.09. The number of aliphatic hydroxyl groups excluding tert-OH is 6. The Morgan fingerprint density at radius 1 is 0.594 bits per heavy atom. The number of aliphatic hydroxyl groups is 6. The maximum atomic E-state index is 14.0. The Bertz CT molecular complexity index is 2150. The fourth-order valence-electron chi connectivity index (χ4n) is 11.6. The molecular formula is C43H54GdN5O15. The van der Waals surface area contributed by atoms with Gasteiger partial charge in [0.25, 0.3) is 5.91 Å². The van der Waals surface area contributed by atoms with Crippen LogP contribution < -0.4 is 42.7 Å². The molecule has 64 heavy (non-hydrogen) atoms. The van der Waals surface area contributed by atoms with Crippen molar-refractivity contribution in [2.75, 3.05) is 32.9 Å². The molecule has 9 N–H and O–H groups in total. The smallest absolute Gasteiger partial charge is 0.868 e. The predicted octanol–water partition coefficient (Wildman–Crippen LogP) is -3.21. The van der Waals surface area contributed by atoms with Gasteiger partial charge in [0.1, 0.15) is 5.69 Å². The number of nitrogens with one attached hydrogen (secondary N) is 1. The predicted molar refractivity (Wildman–Crippen MR) is 216 cm³/mol. The van der Waals surface area contributed by atoms with Gasteiger partial charge in [-0.05, 0) is 96.8 Å². The Balaban J connectivity index is 0.00000771. The molecule has 1 amide bonds. The molecular weight excluding hydrogens is 984 g/mol. The first kappa shape index (κ1) is 51.1. The second-order valence-corrected chi connectivity index (χ2v) is 18.3. The number of rotatable bonds is 21. The van der Waals surface area contributed by atoms with E-state index in [9.17, 15) is 74.7 Å². The van der Waals surface area contributed by atoms with Crippen LogP contribution >= 0.6 is 0 Å². The number of nitrogens with zero attached hydrogens (tertiary/aromatic N) is 3. The summed E-state index contributed by atoms with van der Waals surface area (Å²) in [6.45, 7) is -2.99. The Kier molecular flexibility index (Phi) is 16.2. The van der Waals surface area contributed by atoms with E-state index in [2.05, 4.69) is 5.32 Å². The van der Waals surface area contributed by atoms with E-state index in [1.807, 2.05) is 0 Å². The quantitative estimate of drug-likeness (QED) is 0.0487. The summed E-state index contributed by atoms with van der Waals surface area (Å²) in [6, 6.07) is 2.88. The van der Waals surface area contributed by atoms with Gasteiger partial charge in [0.2, 0.25) is 0 Å². The molecule has 349 valence electrons. The molecule has 3 heterocycles. The molecule has 3 aromatic heterocycles. The van der Waals surface area contributed by atoms with Gasteiger partial charge in [0.15, 0.2) is 27.9 Å². The van der Waals surface area contributed by atoms with E-state index in [1.165, 1.54) is 12.4 Å². The number of ketones is 2. The van der Waals surface area contributed by atoms with Crippen molar-refractivity contribution in [3.8, 4) is 17.2 Å². The molecule has 0 saturated heterocycles. The van der Waals surface area contributed by atoms with Crippen LogP contribution in [-0.2, 0) is 19.6 Å². The van der Waals surface area contributed by atoms with Crippen LogP contribution in [0.5, 0.6) is 17.2 Å². The molecule has 0 spiro atoms. The number of carbonyl (C=O) groups excluding carboxylic acids is 3. The fraction of sp³-hybridized carbons (Fsp3) is 0.581. The monoisotopic (exact) mass is 1040 g/mol. The molecule has 4 aliphatic carbocycles. The number of hydrogen-bond donors (Lipinski definition) is 8. The summed E-state index contributed by atoms with van der Waals surface area (Å²) in [4.78, 5) is 79.4. The minimum Gasteiger partial charge on any atom is -0.868 e. The third-order valence-corrected chi connectivity index (χ3v) is 13.3. The van der Waals surface area contributed by atoms with E-state index in [0.717, 1.165) is 38.1 Å². The van der Waals surface area contributed by atoms with E-state index in [4.69, 9.17) is 5.73 Å². The molecule has 0 aliphatic heterocycles. The number of Topliss-reactive ketones (excluding diaryl/α,β-unsaturated/α-hetero) is 2. The maximum Gasteiger partial charge on any atom is 3.00 e. The van der Waals surface area contributed by atoms with Crippen LogP contribution in [0, 0.1) is 61.6 Å². The topological polar surface area (TPSA) is 346 Å². The summed E-state index contributed by atoms with van der Waals surface area (Å²) in [7, 11) is 0. The molecule has 7 rings (SSSR count). The average Bonchev–Trinajstić information content (AvgIpc) is 3.24. The summed E-state index contributed by atoms with van der Waals surface area (Å²) >= 11 is 0. The van der Waals surface area contributed by atoms with Crippen molar-refractivity contribution in [1.29, 1.82) is 0 Å². The van der Waals surface area contributed by atoms with E-state index in [1.54, 1.807) is 0 Å². The molecule has 4 fully saturated rings. The number of nitrogens with two attached hydrogens (primary N) is 1. The first-order chi connectivity index (χ1) is 29.8. The summed E-state index contributed by atoms with van der Waals surface area (Å²) in [5.41, 5.74) is -0.579. The van der Waals surface area contributed by atoms with Gasteiger partial charge in [-0.3, -0.25) is 28.8 Å². The Morgan fingerprint density at radius 2 is 0.922 bits per heavy atom. The van der Waals surface area contributed by atoms with Crippen LogP contribution in [0.2, 0.25) is 0 Å². The summed E-state index contributed by atoms with van der Waals surface area (Å²) in [5, 5.41) is 101.